The molecule has 2 N–H and O–H groups in total. The van der Waals surface area contributed by atoms with Gasteiger partial charge in [-0.15, -0.1) is 0 Å². The SMILES string of the molecule is CC(C)(C)OC(=O)N[C@@H](CCC(=O)O)CN(C(=O)OC(C)(C)C)C(=O)OC(C)(C)C. The summed E-state index contributed by atoms with van der Waals surface area (Å²) in [4.78, 5) is 49.1. The lowest BCUT2D eigenvalue weighted by atomic mass is 10.1. The van der Waals surface area contributed by atoms with Crippen molar-refractivity contribution in [2.75, 3.05) is 6.54 Å². The van der Waals surface area contributed by atoms with Crippen molar-refractivity contribution in [2.45, 2.75) is 98.0 Å². The summed E-state index contributed by atoms with van der Waals surface area (Å²) >= 11 is 0. The highest BCUT2D eigenvalue weighted by Gasteiger charge is 2.34. The van der Waals surface area contributed by atoms with Crippen LogP contribution in [0.3, 0.4) is 0 Å². The van der Waals surface area contributed by atoms with Gasteiger partial charge in [0, 0.05) is 6.42 Å². The molecule has 30 heavy (non-hydrogen) atoms. The molecule has 0 aliphatic heterocycles. The summed E-state index contributed by atoms with van der Waals surface area (Å²) in [5.41, 5.74) is -2.55. The molecule has 0 fully saturated rings. The van der Waals surface area contributed by atoms with Crippen molar-refractivity contribution in [2.24, 2.45) is 0 Å². The molecule has 3 amide bonds. The third-order valence-electron chi connectivity index (χ3n) is 3.06. The largest absolute Gasteiger partial charge is 0.481 e. The molecule has 0 saturated carbocycles. The number of aliphatic carboxylic acids is 1. The second kappa shape index (κ2) is 10.5. The Morgan fingerprint density at radius 2 is 1.20 bits per heavy atom. The minimum Gasteiger partial charge on any atom is -0.481 e. The van der Waals surface area contributed by atoms with Gasteiger partial charge in [0.2, 0.25) is 0 Å². The molecule has 0 aliphatic carbocycles. The molecule has 0 radical (unpaired) electrons. The zero-order valence-corrected chi connectivity index (χ0v) is 19.5. The van der Waals surface area contributed by atoms with Gasteiger partial charge < -0.3 is 24.6 Å². The van der Waals surface area contributed by atoms with Crippen LogP contribution in [0.25, 0.3) is 0 Å². The summed E-state index contributed by atoms with van der Waals surface area (Å²) < 4.78 is 15.7. The first-order valence-electron chi connectivity index (χ1n) is 9.74. The lowest BCUT2D eigenvalue weighted by Gasteiger charge is -2.31. The number of carbonyl (C=O) groups excluding carboxylic acids is 3. The number of ether oxygens (including phenoxy) is 3. The smallest absolute Gasteiger partial charge is 0.419 e. The lowest BCUT2D eigenvalue weighted by molar-refractivity contribution is -0.137. The fourth-order valence-corrected chi connectivity index (χ4v) is 2.06. The number of hydrogen-bond donors (Lipinski definition) is 2. The average molecular weight is 433 g/mol. The lowest BCUT2D eigenvalue weighted by Crippen LogP contribution is -2.51. The van der Waals surface area contributed by atoms with Crippen molar-refractivity contribution in [3.63, 3.8) is 0 Å². The van der Waals surface area contributed by atoms with Gasteiger partial charge in [0.25, 0.3) is 0 Å². The maximum atomic E-state index is 12.6. The molecule has 1 atom stereocenters. The number of carboxylic acids is 1. The Kier molecular flexibility index (Phi) is 9.61. The summed E-state index contributed by atoms with van der Waals surface area (Å²) in [6, 6.07) is -0.893. The Hall–Kier alpha value is -2.52. The highest BCUT2D eigenvalue weighted by molar-refractivity contribution is 5.88. The molecule has 0 unspecified atom stereocenters. The van der Waals surface area contributed by atoms with Gasteiger partial charge in [-0.1, -0.05) is 0 Å². The predicted molar refractivity (Wildman–Crippen MR) is 109 cm³/mol. The van der Waals surface area contributed by atoms with E-state index in [4.69, 9.17) is 19.3 Å². The zero-order chi connectivity index (χ0) is 23.9. The molecule has 0 spiro atoms. The van der Waals surface area contributed by atoms with E-state index in [1.807, 2.05) is 0 Å². The van der Waals surface area contributed by atoms with E-state index in [9.17, 15) is 19.2 Å². The van der Waals surface area contributed by atoms with Crippen molar-refractivity contribution < 1.29 is 38.5 Å². The fourth-order valence-electron chi connectivity index (χ4n) is 2.06. The Bertz CT molecular complexity index is 598. The number of nitrogens with zero attached hydrogens (tertiary/aromatic N) is 1. The molecule has 10 nitrogen and oxygen atoms in total. The van der Waals surface area contributed by atoms with Crippen LogP contribution in [0, 0.1) is 0 Å². The van der Waals surface area contributed by atoms with Crippen LogP contribution in [0.5, 0.6) is 0 Å². The number of amides is 3. The number of carboxylic acid groups (broad SMARTS) is 1. The van der Waals surface area contributed by atoms with E-state index in [2.05, 4.69) is 5.32 Å². The molecule has 0 aliphatic rings. The minimum absolute atomic E-state index is 0.0450. The summed E-state index contributed by atoms with van der Waals surface area (Å²) in [6.45, 7) is 14.5. The number of alkyl carbamates (subject to hydrolysis) is 1. The summed E-state index contributed by atoms with van der Waals surface area (Å²) in [6.07, 6.45) is -3.08. The van der Waals surface area contributed by atoms with Gasteiger partial charge in [-0.2, -0.15) is 0 Å². The van der Waals surface area contributed by atoms with Crippen LogP contribution < -0.4 is 5.32 Å². The summed E-state index contributed by atoms with van der Waals surface area (Å²) in [5, 5.41) is 11.5. The Balaban J connectivity index is 5.63. The zero-order valence-electron chi connectivity index (χ0n) is 19.5. The van der Waals surface area contributed by atoms with Crippen LogP contribution in [-0.2, 0) is 19.0 Å². The third-order valence-corrected chi connectivity index (χ3v) is 3.06. The maximum absolute atomic E-state index is 12.6. The average Bonchev–Trinajstić information content (AvgIpc) is 2.43. The van der Waals surface area contributed by atoms with Crippen LogP contribution in [0.2, 0.25) is 0 Å². The van der Waals surface area contributed by atoms with Crippen LogP contribution >= 0.6 is 0 Å². The Labute approximate surface area is 178 Å². The molecule has 174 valence electrons. The molecule has 0 aromatic heterocycles. The van der Waals surface area contributed by atoms with Crippen LogP contribution in [-0.4, -0.2) is 63.6 Å². The van der Waals surface area contributed by atoms with Crippen molar-refractivity contribution in [3.8, 4) is 0 Å². The highest BCUT2D eigenvalue weighted by atomic mass is 16.6. The monoisotopic (exact) mass is 432 g/mol. The number of imide groups is 1. The van der Waals surface area contributed by atoms with E-state index >= 15 is 0 Å². The fraction of sp³-hybridized carbons (Fsp3) is 0.800. The minimum atomic E-state index is -1.09. The third kappa shape index (κ3) is 13.6. The first-order chi connectivity index (χ1) is 13.3. The molecule has 0 bridgehead atoms. The van der Waals surface area contributed by atoms with E-state index < -0.39 is 47.1 Å². The van der Waals surface area contributed by atoms with Gasteiger partial charge in [-0.25, -0.2) is 19.3 Å². The van der Waals surface area contributed by atoms with Gasteiger partial charge in [-0.05, 0) is 68.7 Å². The molecule has 0 rings (SSSR count). The van der Waals surface area contributed by atoms with Crippen molar-refractivity contribution in [3.05, 3.63) is 0 Å². The van der Waals surface area contributed by atoms with Gasteiger partial charge in [0.05, 0.1) is 12.6 Å². The van der Waals surface area contributed by atoms with E-state index in [1.165, 1.54) is 0 Å². The van der Waals surface area contributed by atoms with E-state index in [0.717, 1.165) is 0 Å². The Morgan fingerprint density at radius 1 is 0.800 bits per heavy atom. The topological polar surface area (TPSA) is 131 Å². The maximum Gasteiger partial charge on any atom is 0.419 e. The number of nitrogens with one attached hydrogen (secondary N) is 1. The molecular formula is C20H36N2O8. The van der Waals surface area contributed by atoms with E-state index in [1.54, 1.807) is 62.3 Å². The van der Waals surface area contributed by atoms with Gasteiger partial charge in [-0.3, -0.25) is 4.79 Å². The van der Waals surface area contributed by atoms with Crippen molar-refractivity contribution >= 4 is 24.2 Å². The Morgan fingerprint density at radius 3 is 1.53 bits per heavy atom. The van der Waals surface area contributed by atoms with Gasteiger partial charge in [0.15, 0.2) is 0 Å². The number of carbonyl (C=O) groups is 4. The standard InChI is InChI=1S/C20H36N2O8/c1-18(2,3)28-15(25)21-13(10-11-14(23)24)12-22(16(26)29-19(4,5)6)17(27)30-20(7,8)9/h13H,10-12H2,1-9H3,(H,21,25)(H,23,24)/t13-/m0/s1. The van der Waals surface area contributed by atoms with E-state index in [0.29, 0.717) is 4.90 Å². The number of hydrogen-bond acceptors (Lipinski definition) is 7. The van der Waals surface area contributed by atoms with Gasteiger partial charge in [0.1, 0.15) is 16.8 Å². The quantitative estimate of drug-likeness (QED) is 0.604. The van der Waals surface area contributed by atoms with Gasteiger partial charge >= 0.3 is 24.2 Å². The van der Waals surface area contributed by atoms with Crippen LogP contribution in [0.1, 0.15) is 75.2 Å². The summed E-state index contributed by atoms with van der Waals surface area (Å²) in [5.74, 6) is -1.09. The second-order valence-corrected chi connectivity index (χ2v) is 9.85. The molecule has 0 aromatic carbocycles. The molecule has 0 saturated heterocycles. The predicted octanol–water partition coefficient (Wildman–Crippen LogP) is 3.92. The first-order valence-corrected chi connectivity index (χ1v) is 9.74. The molecule has 0 aromatic rings. The molecule has 0 heterocycles. The normalized spacial score (nSPS) is 13.1. The van der Waals surface area contributed by atoms with Crippen molar-refractivity contribution in [1.82, 2.24) is 10.2 Å². The van der Waals surface area contributed by atoms with Crippen LogP contribution in [0.15, 0.2) is 0 Å². The molecular weight excluding hydrogens is 396 g/mol. The van der Waals surface area contributed by atoms with E-state index in [-0.39, 0.29) is 19.4 Å². The first kappa shape index (κ1) is 27.5. The second-order valence-electron chi connectivity index (χ2n) is 9.85. The van der Waals surface area contributed by atoms with Crippen LogP contribution in [0.4, 0.5) is 14.4 Å². The number of rotatable bonds is 6. The molecule has 10 heteroatoms. The highest BCUT2D eigenvalue weighted by Crippen LogP contribution is 2.16. The van der Waals surface area contributed by atoms with Crippen molar-refractivity contribution in [1.29, 1.82) is 0 Å². The summed E-state index contributed by atoms with van der Waals surface area (Å²) in [7, 11) is 0.